The number of hydrogen-bond donors (Lipinski definition) is 1. The van der Waals surface area contributed by atoms with E-state index >= 15 is 0 Å². The van der Waals surface area contributed by atoms with Gasteiger partial charge in [0.25, 0.3) is 5.91 Å². The fourth-order valence-electron chi connectivity index (χ4n) is 2.62. The Kier molecular flexibility index (Phi) is 3.48. The van der Waals surface area contributed by atoms with Gasteiger partial charge in [-0.25, -0.2) is 4.98 Å². The molecule has 3 rings (SSSR count). The van der Waals surface area contributed by atoms with Crippen molar-refractivity contribution in [1.82, 2.24) is 4.98 Å². The van der Waals surface area contributed by atoms with E-state index < -0.39 is 5.91 Å². The van der Waals surface area contributed by atoms with Crippen LogP contribution in [0.15, 0.2) is 12.1 Å². The number of methoxy groups -OCH3 is 1. The predicted octanol–water partition coefficient (Wildman–Crippen LogP) is 2.39. The van der Waals surface area contributed by atoms with Crippen LogP contribution >= 0.6 is 11.3 Å². The van der Waals surface area contributed by atoms with Gasteiger partial charge in [0.15, 0.2) is 5.01 Å². The standard InChI is InChI=1S/C14H17N3O2S/c1-19-10-6-5-9(17-7-3-2-4-8-17)12-11(10)16-14(20-12)13(15)18/h5-6H,2-4,7-8H2,1H3,(H2,15,18). The normalized spacial score (nSPS) is 15.6. The van der Waals surface area contributed by atoms with Crippen LogP contribution in [0.1, 0.15) is 29.1 Å². The zero-order chi connectivity index (χ0) is 14.1. The van der Waals surface area contributed by atoms with Gasteiger partial charge in [-0.3, -0.25) is 4.79 Å². The van der Waals surface area contributed by atoms with Gasteiger partial charge in [-0.1, -0.05) is 0 Å². The van der Waals surface area contributed by atoms with E-state index in [0.29, 0.717) is 10.8 Å². The summed E-state index contributed by atoms with van der Waals surface area (Å²) in [6, 6.07) is 3.96. The number of amides is 1. The molecule has 0 saturated carbocycles. The van der Waals surface area contributed by atoms with Gasteiger partial charge in [0.1, 0.15) is 11.3 Å². The number of benzene rings is 1. The highest BCUT2D eigenvalue weighted by molar-refractivity contribution is 7.21. The molecule has 2 N–H and O–H groups in total. The van der Waals surface area contributed by atoms with Gasteiger partial charge in [0, 0.05) is 13.1 Å². The first-order valence-electron chi connectivity index (χ1n) is 6.73. The predicted molar refractivity (Wildman–Crippen MR) is 80.8 cm³/mol. The van der Waals surface area contributed by atoms with Crippen LogP contribution in [-0.2, 0) is 0 Å². The molecule has 1 fully saturated rings. The molecule has 0 bridgehead atoms. The zero-order valence-electron chi connectivity index (χ0n) is 11.4. The number of anilines is 1. The second-order valence-electron chi connectivity index (χ2n) is 4.90. The van der Waals surface area contributed by atoms with Crippen molar-refractivity contribution in [3.63, 3.8) is 0 Å². The molecule has 1 saturated heterocycles. The van der Waals surface area contributed by atoms with Crippen molar-refractivity contribution in [2.24, 2.45) is 5.73 Å². The third kappa shape index (κ3) is 2.20. The number of hydrogen-bond acceptors (Lipinski definition) is 5. The Balaban J connectivity index is 2.14. The molecule has 1 aliphatic heterocycles. The van der Waals surface area contributed by atoms with Crippen LogP contribution in [-0.4, -0.2) is 31.1 Å². The van der Waals surface area contributed by atoms with E-state index in [0.717, 1.165) is 29.0 Å². The van der Waals surface area contributed by atoms with Crippen molar-refractivity contribution in [1.29, 1.82) is 0 Å². The van der Waals surface area contributed by atoms with E-state index in [1.807, 2.05) is 6.07 Å². The lowest BCUT2D eigenvalue weighted by molar-refractivity contribution is 0.1000. The van der Waals surface area contributed by atoms with Crippen molar-refractivity contribution in [3.05, 3.63) is 17.1 Å². The van der Waals surface area contributed by atoms with Crippen molar-refractivity contribution in [2.45, 2.75) is 19.3 Å². The minimum Gasteiger partial charge on any atom is -0.494 e. The van der Waals surface area contributed by atoms with Crippen LogP contribution in [0.5, 0.6) is 5.75 Å². The number of carbonyl (C=O) groups is 1. The van der Waals surface area contributed by atoms with Crippen molar-refractivity contribution < 1.29 is 9.53 Å². The maximum absolute atomic E-state index is 11.4. The van der Waals surface area contributed by atoms with Crippen LogP contribution in [0.2, 0.25) is 0 Å². The first kappa shape index (κ1) is 13.2. The Labute approximate surface area is 121 Å². The molecule has 2 aromatic rings. The first-order valence-corrected chi connectivity index (χ1v) is 7.54. The summed E-state index contributed by atoms with van der Waals surface area (Å²) in [5.74, 6) is 0.197. The third-order valence-corrected chi connectivity index (χ3v) is 4.71. The Bertz CT molecular complexity index is 647. The summed E-state index contributed by atoms with van der Waals surface area (Å²) in [7, 11) is 1.61. The first-order chi connectivity index (χ1) is 9.70. The maximum atomic E-state index is 11.4. The van der Waals surface area contributed by atoms with E-state index in [9.17, 15) is 4.79 Å². The molecule has 106 valence electrons. The fraction of sp³-hybridized carbons (Fsp3) is 0.429. The molecule has 0 aliphatic carbocycles. The SMILES string of the molecule is COc1ccc(N2CCCCC2)c2sc(C(N)=O)nc12. The third-order valence-electron chi connectivity index (χ3n) is 3.61. The Morgan fingerprint density at radius 3 is 2.75 bits per heavy atom. The smallest absolute Gasteiger partial charge is 0.277 e. The number of nitrogens with zero attached hydrogens (tertiary/aromatic N) is 2. The summed E-state index contributed by atoms with van der Waals surface area (Å²) in [4.78, 5) is 18.1. The van der Waals surface area contributed by atoms with E-state index in [1.54, 1.807) is 7.11 Å². The summed E-state index contributed by atoms with van der Waals surface area (Å²) < 4.78 is 6.32. The number of nitrogens with two attached hydrogens (primary N) is 1. The van der Waals surface area contributed by atoms with Crippen molar-refractivity contribution in [2.75, 3.05) is 25.1 Å². The van der Waals surface area contributed by atoms with Crippen LogP contribution in [0.3, 0.4) is 0 Å². The van der Waals surface area contributed by atoms with E-state index in [2.05, 4.69) is 16.0 Å². The van der Waals surface area contributed by atoms with Crippen LogP contribution < -0.4 is 15.4 Å². The van der Waals surface area contributed by atoms with E-state index in [-0.39, 0.29) is 0 Å². The number of aromatic nitrogens is 1. The van der Waals surface area contributed by atoms with Gasteiger partial charge in [-0.2, -0.15) is 0 Å². The Morgan fingerprint density at radius 2 is 2.10 bits per heavy atom. The molecule has 2 heterocycles. The van der Waals surface area contributed by atoms with Gasteiger partial charge in [0.2, 0.25) is 0 Å². The minimum atomic E-state index is -0.488. The van der Waals surface area contributed by atoms with Gasteiger partial charge in [-0.05, 0) is 31.4 Å². The maximum Gasteiger partial charge on any atom is 0.277 e. The van der Waals surface area contributed by atoms with Gasteiger partial charge in [0.05, 0.1) is 17.5 Å². The van der Waals surface area contributed by atoms with Crippen molar-refractivity contribution >= 4 is 33.1 Å². The summed E-state index contributed by atoms with van der Waals surface area (Å²) >= 11 is 1.35. The molecular formula is C14H17N3O2S. The molecular weight excluding hydrogens is 274 g/mol. The van der Waals surface area contributed by atoms with Gasteiger partial charge < -0.3 is 15.4 Å². The average Bonchev–Trinajstić information content (AvgIpc) is 2.92. The molecule has 0 spiro atoms. The molecule has 5 nitrogen and oxygen atoms in total. The van der Waals surface area contributed by atoms with Crippen LogP contribution in [0, 0.1) is 0 Å². The highest BCUT2D eigenvalue weighted by Crippen LogP contribution is 2.38. The quantitative estimate of drug-likeness (QED) is 0.942. The number of piperidine rings is 1. The highest BCUT2D eigenvalue weighted by atomic mass is 32.1. The summed E-state index contributed by atoms with van der Waals surface area (Å²) in [5, 5.41) is 0.336. The lowest BCUT2D eigenvalue weighted by Crippen LogP contribution is -2.29. The Hall–Kier alpha value is -1.82. The van der Waals surface area contributed by atoms with Gasteiger partial charge >= 0.3 is 0 Å². The molecule has 1 aromatic heterocycles. The molecule has 1 aromatic carbocycles. The minimum absolute atomic E-state index is 0.336. The molecule has 0 radical (unpaired) electrons. The van der Waals surface area contributed by atoms with Gasteiger partial charge in [-0.15, -0.1) is 11.3 Å². The lowest BCUT2D eigenvalue weighted by Gasteiger charge is -2.29. The largest absolute Gasteiger partial charge is 0.494 e. The monoisotopic (exact) mass is 291 g/mol. The second kappa shape index (κ2) is 5.28. The molecule has 20 heavy (non-hydrogen) atoms. The highest BCUT2D eigenvalue weighted by Gasteiger charge is 2.20. The van der Waals surface area contributed by atoms with Crippen molar-refractivity contribution in [3.8, 4) is 5.75 Å². The topological polar surface area (TPSA) is 68.5 Å². The lowest BCUT2D eigenvalue weighted by atomic mass is 10.1. The molecule has 6 heteroatoms. The molecule has 0 atom stereocenters. The van der Waals surface area contributed by atoms with E-state index in [4.69, 9.17) is 10.5 Å². The van der Waals surface area contributed by atoms with Crippen LogP contribution in [0.4, 0.5) is 5.69 Å². The average molecular weight is 291 g/mol. The Morgan fingerprint density at radius 1 is 1.35 bits per heavy atom. The van der Waals surface area contributed by atoms with E-state index in [1.165, 1.54) is 30.6 Å². The number of rotatable bonds is 3. The number of fused-ring (bicyclic) bond motifs is 1. The number of ether oxygens (including phenoxy) is 1. The summed E-state index contributed by atoms with van der Waals surface area (Å²) in [5.41, 5.74) is 7.21. The number of thiazole rings is 1. The number of primary amides is 1. The summed E-state index contributed by atoms with van der Waals surface area (Å²) in [6.07, 6.45) is 3.69. The number of carbonyl (C=O) groups excluding carboxylic acids is 1. The fourth-order valence-corrected chi connectivity index (χ4v) is 3.60. The van der Waals surface area contributed by atoms with Crippen LogP contribution in [0.25, 0.3) is 10.2 Å². The molecule has 1 aliphatic rings. The molecule has 0 unspecified atom stereocenters. The zero-order valence-corrected chi connectivity index (χ0v) is 12.2. The molecule has 1 amide bonds. The second-order valence-corrected chi connectivity index (χ2v) is 5.89. The summed E-state index contributed by atoms with van der Waals surface area (Å²) in [6.45, 7) is 2.09.